The molecule has 1 aliphatic carbocycles. The summed E-state index contributed by atoms with van der Waals surface area (Å²) in [6.07, 6.45) is 2.30. The number of nitrogens with two attached hydrogens (primary N) is 1. The van der Waals surface area contributed by atoms with Crippen LogP contribution in [0.1, 0.15) is 34.4 Å². The first-order valence-electron chi connectivity index (χ1n) is 5.84. The van der Waals surface area contributed by atoms with E-state index in [1.807, 2.05) is 6.07 Å². The Labute approximate surface area is 110 Å². The summed E-state index contributed by atoms with van der Waals surface area (Å²) in [5, 5.41) is 0. The van der Waals surface area contributed by atoms with Crippen LogP contribution in [0, 0.1) is 0 Å². The van der Waals surface area contributed by atoms with Gasteiger partial charge in [-0.05, 0) is 36.1 Å². The summed E-state index contributed by atoms with van der Waals surface area (Å²) in [7, 11) is 0. The van der Waals surface area contributed by atoms with E-state index in [2.05, 4.69) is 30.3 Å². The summed E-state index contributed by atoms with van der Waals surface area (Å²) < 4.78 is 0.821. The zero-order valence-corrected chi connectivity index (χ0v) is 11.0. The van der Waals surface area contributed by atoms with Crippen LogP contribution in [-0.4, -0.2) is 0 Å². The van der Waals surface area contributed by atoms with Crippen LogP contribution in [0.4, 0.5) is 0 Å². The molecule has 2 unspecified atom stereocenters. The Morgan fingerprint density at radius 2 is 2.06 bits per heavy atom. The Morgan fingerprint density at radius 1 is 1.24 bits per heavy atom. The highest BCUT2D eigenvalue weighted by molar-refractivity contribution is 7.16. The molecule has 2 atom stereocenters. The maximum atomic E-state index is 6.38. The summed E-state index contributed by atoms with van der Waals surface area (Å²) in [5.41, 5.74) is 9.26. The molecule has 3 heteroatoms. The highest BCUT2D eigenvalue weighted by Gasteiger charge is 2.28. The van der Waals surface area contributed by atoms with E-state index < -0.39 is 0 Å². The molecule has 0 saturated carbocycles. The van der Waals surface area contributed by atoms with Gasteiger partial charge in [0.05, 0.1) is 4.34 Å². The first-order chi connectivity index (χ1) is 8.25. The van der Waals surface area contributed by atoms with Crippen molar-refractivity contribution in [3.8, 4) is 0 Å². The second-order valence-corrected chi connectivity index (χ2v) is 6.26. The lowest BCUT2D eigenvalue weighted by atomic mass is 9.93. The minimum atomic E-state index is 0.0798. The normalized spacial score (nSPS) is 20.2. The molecule has 1 nitrogen and oxygen atoms in total. The fourth-order valence-electron chi connectivity index (χ4n) is 2.67. The predicted octanol–water partition coefficient (Wildman–Crippen LogP) is 4.13. The first kappa shape index (κ1) is 11.3. The number of hydrogen-bond acceptors (Lipinski definition) is 2. The fourth-order valence-corrected chi connectivity index (χ4v) is 3.80. The van der Waals surface area contributed by atoms with E-state index in [1.54, 1.807) is 11.3 Å². The van der Waals surface area contributed by atoms with Crippen LogP contribution in [0.25, 0.3) is 0 Å². The lowest BCUT2D eigenvalue weighted by Gasteiger charge is -2.19. The Balaban J connectivity index is 1.92. The van der Waals surface area contributed by atoms with Crippen LogP contribution in [0.5, 0.6) is 0 Å². The molecule has 0 aliphatic heterocycles. The van der Waals surface area contributed by atoms with E-state index >= 15 is 0 Å². The molecule has 1 aliphatic rings. The number of thiophene rings is 1. The van der Waals surface area contributed by atoms with Gasteiger partial charge in [0, 0.05) is 16.8 Å². The van der Waals surface area contributed by atoms with Gasteiger partial charge in [-0.1, -0.05) is 35.9 Å². The molecule has 0 fully saturated rings. The highest BCUT2D eigenvalue weighted by atomic mass is 35.5. The monoisotopic (exact) mass is 263 g/mol. The maximum Gasteiger partial charge on any atom is 0.0931 e. The molecular formula is C14H14ClNS. The second kappa shape index (κ2) is 4.45. The molecule has 0 amide bonds. The van der Waals surface area contributed by atoms with Crippen molar-refractivity contribution < 1.29 is 0 Å². The van der Waals surface area contributed by atoms with Gasteiger partial charge in [-0.2, -0.15) is 0 Å². The van der Waals surface area contributed by atoms with Gasteiger partial charge in [0.1, 0.15) is 0 Å². The quantitative estimate of drug-likeness (QED) is 0.866. The summed E-state index contributed by atoms with van der Waals surface area (Å²) in [6, 6.07) is 12.7. The van der Waals surface area contributed by atoms with Gasteiger partial charge >= 0.3 is 0 Å². The standard InChI is InChI=1S/C14H14ClNS/c15-13-8-7-12(17-13)14(16)11-6-5-9-3-1-2-4-10(9)11/h1-4,7-8,11,14H,5-6,16H2. The number of benzene rings is 1. The molecule has 17 heavy (non-hydrogen) atoms. The Morgan fingerprint density at radius 3 is 2.82 bits per heavy atom. The number of halogens is 1. The van der Waals surface area contributed by atoms with Gasteiger partial charge in [0.25, 0.3) is 0 Å². The third-order valence-electron chi connectivity index (χ3n) is 3.54. The number of aryl methyl sites for hydroxylation is 1. The van der Waals surface area contributed by atoms with Crippen molar-refractivity contribution in [2.24, 2.45) is 5.73 Å². The summed E-state index contributed by atoms with van der Waals surface area (Å²) in [6.45, 7) is 0. The third-order valence-corrected chi connectivity index (χ3v) is 4.87. The molecule has 0 saturated heterocycles. The lowest BCUT2D eigenvalue weighted by molar-refractivity contribution is 0.558. The van der Waals surface area contributed by atoms with E-state index in [0.717, 1.165) is 17.2 Å². The van der Waals surface area contributed by atoms with Crippen molar-refractivity contribution >= 4 is 22.9 Å². The van der Waals surface area contributed by atoms with Crippen LogP contribution >= 0.6 is 22.9 Å². The van der Waals surface area contributed by atoms with Crippen molar-refractivity contribution in [2.45, 2.75) is 24.8 Å². The SMILES string of the molecule is NC(c1ccc(Cl)s1)C1CCc2ccccc21. The van der Waals surface area contributed by atoms with Gasteiger partial charge in [-0.25, -0.2) is 0 Å². The molecule has 88 valence electrons. The Kier molecular flexibility index (Phi) is 2.95. The van der Waals surface area contributed by atoms with E-state index in [1.165, 1.54) is 16.0 Å². The molecule has 1 aromatic carbocycles. The second-order valence-electron chi connectivity index (χ2n) is 4.51. The fraction of sp³-hybridized carbons (Fsp3) is 0.286. The lowest BCUT2D eigenvalue weighted by Crippen LogP contribution is -2.16. The molecule has 2 aromatic rings. The van der Waals surface area contributed by atoms with Gasteiger partial charge in [0.2, 0.25) is 0 Å². The van der Waals surface area contributed by atoms with Gasteiger partial charge in [0.15, 0.2) is 0 Å². The largest absolute Gasteiger partial charge is 0.323 e. The summed E-state index contributed by atoms with van der Waals surface area (Å²) in [5.74, 6) is 0.445. The van der Waals surface area contributed by atoms with E-state index in [9.17, 15) is 0 Å². The maximum absolute atomic E-state index is 6.38. The first-order valence-corrected chi connectivity index (χ1v) is 7.04. The Hall–Kier alpha value is -0.830. The van der Waals surface area contributed by atoms with Gasteiger partial charge in [-0.15, -0.1) is 11.3 Å². The van der Waals surface area contributed by atoms with E-state index in [0.29, 0.717) is 5.92 Å². The minimum absolute atomic E-state index is 0.0798. The molecule has 3 rings (SSSR count). The van der Waals surface area contributed by atoms with Crippen LogP contribution in [0.2, 0.25) is 4.34 Å². The smallest absolute Gasteiger partial charge is 0.0931 e. The molecular weight excluding hydrogens is 250 g/mol. The molecule has 0 spiro atoms. The molecule has 2 N–H and O–H groups in total. The number of hydrogen-bond donors (Lipinski definition) is 1. The van der Waals surface area contributed by atoms with Crippen LogP contribution < -0.4 is 5.73 Å². The summed E-state index contributed by atoms with van der Waals surface area (Å²) >= 11 is 7.57. The average molecular weight is 264 g/mol. The highest BCUT2D eigenvalue weighted by Crippen LogP contribution is 2.42. The van der Waals surface area contributed by atoms with Crippen LogP contribution in [0.15, 0.2) is 36.4 Å². The minimum Gasteiger partial charge on any atom is -0.323 e. The molecule has 0 bridgehead atoms. The van der Waals surface area contributed by atoms with Gasteiger partial charge < -0.3 is 5.73 Å². The van der Waals surface area contributed by atoms with Gasteiger partial charge in [-0.3, -0.25) is 0 Å². The zero-order chi connectivity index (χ0) is 11.8. The predicted molar refractivity (Wildman–Crippen MR) is 73.8 cm³/mol. The van der Waals surface area contributed by atoms with E-state index in [4.69, 9.17) is 17.3 Å². The number of fused-ring (bicyclic) bond motifs is 1. The number of rotatable bonds is 2. The third kappa shape index (κ3) is 2.01. The molecule has 0 radical (unpaired) electrons. The van der Waals surface area contributed by atoms with Crippen LogP contribution in [-0.2, 0) is 6.42 Å². The van der Waals surface area contributed by atoms with Crippen molar-refractivity contribution in [3.05, 3.63) is 56.7 Å². The average Bonchev–Trinajstić information content (AvgIpc) is 2.94. The molecule has 1 heterocycles. The van der Waals surface area contributed by atoms with Crippen LogP contribution in [0.3, 0.4) is 0 Å². The van der Waals surface area contributed by atoms with E-state index in [-0.39, 0.29) is 6.04 Å². The van der Waals surface area contributed by atoms with Crippen molar-refractivity contribution in [1.82, 2.24) is 0 Å². The van der Waals surface area contributed by atoms with Crippen molar-refractivity contribution in [2.75, 3.05) is 0 Å². The Bertz CT molecular complexity index is 535. The van der Waals surface area contributed by atoms with Crippen molar-refractivity contribution in [1.29, 1.82) is 0 Å². The van der Waals surface area contributed by atoms with Crippen molar-refractivity contribution in [3.63, 3.8) is 0 Å². The zero-order valence-electron chi connectivity index (χ0n) is 9.40. The molecule has 1 aromatic heterocycles. The summed E-state index contributed by atoms with van der Waals surface area (Å²) in [4.78, 5) is 1.19. The topological polar surface area (TPSA) is 26.0 Å².